The number of carbonyl (C=O) groups excluding carboxylic acids is 1. The first-order valence-corrected chi connectivity index (χ1v) is 11.8. The first-order chi connectivity index (χ1) is 16.6. The minimum atomic E-state index is -0.0663. The molecule has 0 spiro atoms. The standard InChI is InChI=1S/C27H32N4O3/c1-3-34-26(32)16-20-12-14-31(15-13-20)19-21-4-8-24(9-5-21)30-27-28-17-23(18-29-27)22-6-10-25(33-2)11-7-22/h4-11,17-18,20H,3,12-16,19H2,1-2H3,(H,28,29,30). The average Bonchev–Trinajstić information content (AvgIpc) is 2.87. The molecule has 0 bridgehead atoms. The average molecular weight is 461 g/mol. The highest BCUT2D eigenvalue weighted by Gasteiger charge is 2.22. The van der Waals surface area contributed by atoms with Crippen molar-refractivity contribution < 1.29 is 14.3 Å². The van der Waals surface area contributed by atoms with Crippen LogP contribution in [-0.2, 0) is 16.1 Å². The molecular formula is C27H32N4O3. The second kappa shape index (κ2) is 11.6. The van der Waals surface area contributed by atoms with Crippen LogP contribution in [0.2, 0.25) is 0 Å². The zero-order chi connectivity index (χ0) is 23.8. The molecule has 2 heterocycles. The Kier molecular flexibility index (Phi) is 8.09. The normalized spacial score (nSPS) is 14.5. The van der Waals surface area contributed by atoms with Gasteiger partial charge in [-0.3, -0.25) is 9.69 Å². The molecular weight excluding hydrogens is 428 g/mol. The summed E-state index contributed by atoms with van der Waals surface area (Å²) in [6, 6.07) is 16.2. The number of benzene rings is 2. The Morgan fingerprint density at radius 2 is 1.68 bits per heavy atom. The van der Waals surface area contributed by atoms with Crippen molar-refractivity contribution in [1.82, 2.24) is 14.9 Å². The first-order valence-electron chi connectivity index (χ1n) is 11.8. The van der Waals surface area contributed by atoms with Crippen LogP contribution in [0.25, 0.3) is 11.1 Å². The summed E-state index contributed by atoms with van der Waals surface area (Å²) >= 11 is 0. The number of aromatic nitrogens is 2. The predicted molar refractivity (Wildman–Crippen MR) is 133 cm³/mol. The van der Waals surface area contributed by atoms with E-state index in [1.165, 1.54) is 5.56 Å². The third-order valence-electron chi connectivity index (χ3n) is 6.16. The van der Waals surface area contributed by atoms with E-state index in [2.05, 4.69) is 44.5 Å². The number of methoxy groups -OCH3 is 1. The molecule has 1 saturated heterocycles. The smallest absolute Gasteiger partial charge is 0.306 e. The maximum atomic E-state index is 11.7. The molecule has 0 amide bonds. The van der Waals surface area contributed by atoms with E-state index in [0.717, 1.165) is 55.0 Å². The molecule has 0 atom stereocenters. The Morgan fingerprint density at radius 1 is 1.00 bits per heavy atom. The fourth-order valence-corrected chi connectivity index (χ4v) is 4.21. The third-order valence-corrected chi connectivity index (χ3v) is 6.16. The Balaban J connectivity index is 1.26. The van der Waals surface area contributed by atoms with Crippen LogP contribution in [0.4, 0.5) is 11.6 Å². The van der Waals surface area contributed by atoms with Gasteiger partial charge in [0.1, 0.15) is 5.75 Å². The molecule has 0 unspecified atom stereocenters. The number of anilines is 2. The molecule has 1 aliphatic heterocycles. The summed E-state index contributed by atoms with van der Waals surface area (Å²) in [6.45, 7) is 5.26. The number of hydrogen-bond donors (Lipinski definition) is 1. The molecule has 3 aromatic rings. The first kappa shape index (κ1) is 23.7. The van der Waals surface area contributed by atoms with E-state index in [9.17, 15) is 4.79 Å². The fourth-order valence-electron chi connectivity index (χ4n) is 4.21. The van der Waals surface area contributed by atoms with Gasteiger partial charge in [0.15, 0.2) is 0 Å². The van der Waals surface area contributed by atoms with E-state index >= 15 is 0 Å². The zero-order valence-electron chi connectivity index (χ0n) is 19.9. The summed E-state index contributed by atoms with van der Waals surface area (Å²) in [5.41, 5.74) is 4.22. The van der Waals surface area contributed by atoms with Crippen molar-refractivity contribution in [3.63, 3.8) is 0 Å². The highest BCUT2D eigenvalue weighted by molar-refractivity contribution is 5.69. The molecule has 0 radical (unpaired) electrons. The van der Waals surface area contributed by atoms with E-state index in [4.69, 9.17) is 9.47 Å². The SMILES string of the molecule is CCOC(=O)CC1CCN(Cc2ccc(Nc3ncc(-c4ccc(OC)cc4)cn3)cc2)CC1. The second-order valence-corrected chi connectivity index (χ2v) is 8.57. The van der Waals surface area contributed by atoms with E-state index in [1.807, 2.05) is 43.6 Å². The number of hydrogen-bond acceptors (Lipinski definition) is 7. The Morgan fingerprint density at radius 3 is 2.29 bits per heavy atom. The fraction of sp³-hybridized carbons (Fsp3) is 0.370. The summed E-state index contributed by atoms with van der Waals surface area (Å²) in [7, 11) is 1.66. The van der Waals surface area contributed by atoms with Crippen molar-refractivity contribution in [1.29, 1.82) is 0 Å². The van der Waals surface area contributed by atoms with Gasteiger partial charge in [0, 0.05) is 36.6 Å². The molecule has 178 valence electrons. The lowest BCUT2D eigenvalue weighted by Gasteiger charge is -2.31. The molecule has 1 fully saturated rings. The highest BCUT2D eigenvalue weighted by atomic mass is 16.5. The van der Waals surface area contributed by atoms with Crippen LogP contribution >= 0.6 is 0 Å². The number of nitrogens with one attached hydrogen (secondary N) is 1. The number of piperidine rings is 1. The van der Waals surface area contributed by atoms with E-state index in [1.54, 1.807) is 7.11 Å². The van der Waals surface area contributed by atoms with Crippen molar-refractivity contribution in [3.05, 3.63) is 66.5 Å². The topological polar surface area (TPSA) is 76.6 Å². The minimum Gasteiger partial charge on any atom is -0.497 e. The largest absolute Gasteiger partial charge is 0.497 e. The van der Waals surface area contributed by atoms with Gasteiger partial charge in [-0.1, -0.05) is 24.3 Å². The molecule has 4 rings (SSSR count). The molecule has 1 aliphatic rings. The summed E-state index contributed by atoms with van der Waals surface area (Å²) in [4.78, 5) is 23.1. The Hall–Kier alpha value is -3.45. The van der Waals surface area contributed by atoms with Crippen molar-refractivity contribution in [2.24, 2.45) is 5.92 Å². The van der Waals surface area contributed by atoms with Crippen LogP contribution in [0.3, 0.4) is 0 Å². The molecule has 2 aromatic carbocycles. The van der Waals surface area contributed by atoms with Gasteiger partial charge in [-0.25, -0.2) is 9.97 Å². The monoisotopic (exact) mass is 460 g/mol. The number of carbonyl (C=O) groups is 1. The van der Waals surface area contributed by atoms with Crippen LogP contribution in [0.1, 0.15) is 31.7 Å². The maximum Gasteiger partial charge on any atom is 0.306 e. The van der Waals surface area contributed by atoms with E-state index in [-0.39, 0.29) is 5.97 Å². The quantitative estimate of drug-likeness (QED) is 0.447. The van der Waals surface area contributed by atoms with Crippen molar-refractivity contribution in [3.8, 4) is 16.9 Å². The van der Waals surface area contributed by atoms with Gasteiger partial charge in [0.05, 0.1) is 13.7 Å². The molecule has 7 heteroatoms. The van der Waals surface area contributed by atoms with E-state index < -0.39 is 0 Å². The Labute approximate surface area is 201 Å². The lowest BCUT2D eigenvalue weighted by Crippen LogP contribution is -2.34. The summed E-state index contributed by atoms with van der Waals surface area (Å²) < 4.78 is 10.3. The number of likely N-dealkylation sites (tertiary alicyclic amines) is 1. The molecule has 1 N–H and O–H groups in total. The van der Waals surface area contributed by atoms with Crippen molar-refractivity contribution in [2.75, 3.05) is 32.1 Å². The lowest BCUT2D eigenvalue weighted by molar-refractivity contribution is -0.144. The number of ether oxygens (including phenoxy) is 2. The molecule has 1 aromatic heterocycles. The third kappa shape index (κ3) is 6.54. The van der Waals surface area contributed by atoms with Gasteiger partial charge in [0.25, 0.3) is 0 Å². The van der Waals surface area contributed by atoms with Gasteiger partial charge < -0.3 is 14.8 Å². The minimum absolute atomic E-state index is 0.0663. The zero-order valence-corrected chi connectivity index (χ0v) is 19.9. The van der Waals surface area contributed by atoms with Crippen molar-refractivity contribution >= 4 is 17.6 Å². The molecule has 0 aliphatic carbocycles. The Bertz CT molecular complexity index is 1040. The predicted octanol–water partition coefficient (Wildman–Crippen LogP) is 5.06. The van der Waals surface area contributed by atoms with Gasteiger partial charge in [-0.2, -0.15) is 0 Å². The molecule has 0 saturated carbocycles. The van der Waals surface area contributed by atoms with Gasteiger partial charge in [-0.05, 0) is 74.2 Å². The van der Waals surface area contributed by atoms with Crippen LogP contribution in [-0.4, -0.2) is 47.6 Å². The van der Waals surface area contributed by atoms with Gasteiger partial charge in [-0.15, -0.1) is 0 Å². The van der Waals surface area contributed by atoms with Gasteiger partial charge >= 0.3 is 5.97 Å². The van der Waals surface area contributed by atoms with Crippen LogP contribution in [0.5, 0.6) is 5.75 Å². The lowest BCUT2D eigenvalue weighted by atomic mass is 9.93. The summed E-state index contributed by atoms with van der Waals surface area (Å²) in [6.07, 6.45) is 6.27. The number of esters is 1. The summed E-state index contributed by atoms with van der Waals surface area (Å²) in [5.74, 6) is 1.76. The number of nitrogens with zero attached hydrogens (tertiary/aromatic N) is 3. The van der Waals surface area contributed by atoms with Crippen LogP contribution in [0, 0.1) is 5.92 Å². The van der Waals surface area contributed by atoms with Crippen LogP contribution < -0.4 is 10.1 Å². The highest BCUT2D eigenvalue weighted by Crippen LogP contribution is 2.24. The van der Waals surface area contributed by atoms with Crippen molar-refractivity contribution in [2.45, 2.75) is 32.7 Å². The molecule has 7 nitrogen and oxygen atoms in total. The summed E-state index contributed by atoms with van der Waals surface area (Å²) in [5, 5.41) is 3.27. The van der Waals surface area contributed by atoms with E-state index in [0.29, 0.717) is 24.9 Å². The number of rotatable bonds is 9. The van der Waals surface area contributed by atoms with Gasteiger partial charge in [0.2, 0.25) is 5.95 Å². The maximum absolute atomic E-state index is 11.7. The molecule has 34 heavy (non-hydrogen) atoms. The van der Waals surface area contributed by atoms with Crippen LogP contribution in [0.15, 0.2) is 60.9 Å². The second-order valence-electron chi connectivity index (χ2n) is 8.57.